The SMILES string of the molecule is Cc1cccc(C#CCCNC(=O)OC(C)(C)C)c1C. The first kappa shape index (κ1) is 16.1. The Morgan fingerprint density at radius 3 is 2.65 bits per heavy atom. The first-order valence-corrected chi connectivity index (χ1v) is 6.81. The van der Waals surface area contributed by atoms with Crippen LogP contribution in [0.2, 0.25) is 0 Å². The number of aryl methyl sites for hydroxylation is 1. The Labute approximate surface area is 121 Å². The zero-order chi connectivity index (χ0) is 15.2. The van der Waals surface area contributed by atoms with Crippen LogP contribution in [0.25, 0.3) is 0 Å². The van der Waals surface area contributed by atoms with Crippen LogP contribution in [0.1, 0.15) is 43.9 Å². The van der Waals surface area contributed by atoms with Gasteiger partial charge in [-0.3, -0.25) is 0 Å². The van der Waals surface area contributed by atoms with Crippen molar-refractivity contribution in [1.82, 2.24) is 5.32 Å². The largest absolute Gasteiger partial charge is 0.444 e. The summed E-state index contributed by atoms with van der Waals surface area (Å²) in [5.41, 5.74) is 3.03. The van der Waals surface area contributed by atoms with Crippen LogP contribution >= 0.6 is 0 Å². The Balaban J connectivity index is 2.41. The first-order chi connectivity index (χ1) is 9.29. The lowest BCUT2D eigenvalue weighted by molar-refractivity contribution is 0.0529. The monoisotopic (exact) mass is 273 g/mol. The summed E-state index contributed by atoms with van der Waals surface area (Å²) in [4.78, 5) is 11.4. The fourth-order valence-corrected chi connectivity index (χ4v) is 1.59. The molecule has 0 radical (unpaired) electrons. The maximum Gasteiger partial charge on any atom is 0.407 e. The lowest BCUT2D eigenvalue weighted by atomic mass is 10.0. The zero-order valence-electron chi connectivity index (χ0n) is 13.0. The molecular formula is C17H23NO2. The third-order valence-corrected chi connectivity index (χ3v) is 2.75. The minimum atomic E-state index is -0.464. The molecule has 3 nitrogen and oxygen atoms in total. The number of hydrogen-bond donors (Lipinski definition) is 1. The van der Waals surface area contributed by atoms with Crippen LogP contribution in [0.3, 0.4) is 0 Å². The zero-order valence-corrected chi connectivity index (χ0v) is 13.0. The van der Waals surface area contributed by atoms with Gasteiger partial charge in [0.25, 0.3) is 0 Å². The fraction of sp³-hybridized carbons (Fsp3) is 0.471. The molecule has 1 amide bonds. The van der Waals surface area contributed by atoms with E-state index >= 15 is 0 Å². The molecule has 0 fully saturated rings. The number of nitrogens with one attached hydrogen (secondary N) is 1. The average molecular weight is 273 g/mol. The standard InChI is InChI=1S/C17H23NO2/c1-13-9-8-11-15(14(13)2)10-6-7-12-18-16(19)20-17(3,4)5/h8-9,11H,7,12H2,1-5H3,(H,18,19). The van der Waals surface area contributed by atoms with Gasteiger partial charge in [0.2, 0.25) is 0 Å². The maximum absolute atomic E-state index is 11.4. The van der Waals surface area contributed by atoms with Crippen LogP contribution in [0.15, 0.2) is 18.2 Å². The van der Waals surface area contributed by atoms with Gasteiger partial charge in [0, 0.05) is 18.5 Å². The smallest absolute Gasteiger partial charge is 0.407 e. The van der Waals surface area contributed by atoms with Crippen molar-refractivity contribution in [3.63, 3.8) is 0 Å². The molecular weight excluding hydrogens is 250 g/mol. The van der Waals surface area contributed by atoms with Crippen molar-refractivity contribution in [3.05, 3.63) is 34.9 Å². The second-order valence-electron chi connectivity index (χ2n) is 5.73. The molecule has 0 aliphatic heterocycles. The molecule has 0 heterocycles. The molecule has 3 heteroatoms. The van der Waals surface area contributed by atoms with Crippen LogP contribution in [-0.2, 0) is 4.74 Å². The maximum atomic E-state index is 11.4. The van der Waals surface area contributed by atoms with Crippen LogP contribution in [0.4, 0.5) is 4.79 Å². The number of carbonyl (C=O) groups excluding carboxylic acids is 1. The molecule has 0 aromatic heterocycles. The lowest BCUT2D eigenvalue weighted by Gasteiger charge is -2.19. The number of amides is 1. The molecule has 1 rings (SSSR count). The highest BCUT2D eigenvalue weighted by Gasteiger charge is 2.15. The summed E-state index contributed by atoms with van der Waals surface area (Å²) < 4.78 is 5.14. The van der Waals surface area contributed by atoms with Crippen molar-refractivity contribution in [2.45, 2.75) is 46.6 Å². The Bertz CT molecular complexity index is 530. The number of rotatable bonds is 2. The van der Waals surface area contributed by atoms with Gasteiger partial charge in [0.15, 0.2) is 0 Å². The van der Waals surface area contributed by atoms with E-state index in [-0.39, 0.29) is 0 Å². The highest BCUT2D eigenvalue weighted by Crippen LogP contribution is 2.11. The first-order valence-electron chi connectivity index (χ1n) is 6.81. The molecule has 0 atom stereocenters. The highest BCUT2D eigenvalue weighted by atomic mass is 16.6. The molecule has 1 N–H and O–H groups in total. The van der Waals surface area contributed by atoms with Gasteiger partial charge in [-0.2, -0.15) is 0 Å². The molecule has 0 unspecified atom stereocenters. The average Bonchev–Trinajstić information content (AvgIpc) is 2.31. The highest BCUT2D eigenvalue weighted by molar-refractivity contribution is 5.67. The quantitative estimate of drug-likeness (QED) is 0.661. The molecule has 0 bridgehead atoms. The lowest BCUT2D eigenvalue weighted by Crippen LogP contribution is -2.32. The van der Waals surface area contributed by atoms with Gasteiger partial charge in [-0.05, 0) is 51.8 Å². The van der Waals surface area contributed by atoms with Gasteiger partial charge < -0.3 is 10.1 Å². The molecule has 20 heavy (non-hydrogen) atoms. The van der Waals surface area contributed by atoms with E-state index < -0.39 is 11.7 Å². The topological polar surface area (TPSA) is 38.3 Å². The summed E-state index contributed by atoms with van der Waals surface area (Å²) in [7, 11) is 0. The normalized spacial score (nSPS) is 10.4. The Morgan fingerprint density at radius 1 is 1.30 bits per heavy atom. The van der Waals surface area contributed by atoms with Gasteiger partial charge in [0.1, 0.15) is 5.60 Å². The van der Waals surface area contributed by atoms with E-state index in [9.17, 15) is 4.79 Å². The van der Waals surface area contributed by atoms with E-state index in [1.54, 1.807) is 0 Å². The van der Waals surface area contributed by atoms with Gasteiger partial charge in [-0.1, -0.05) is 24.0 Å². The number of alkyl carbamates (subject to hydrolysis) is 1. The molecule has 1 aromatic rings. The molecule has 0 aliphatic rings. The van der Waals surface area contributed by atoms with E-state index in [1.165, 1.54) is 11.1 Å². The van der Waals surface area contributed by atoms with Crippen molar-refractivity contribution in [2.75, 3.05) is 6.54 Å². The molecule has 0 aliphatic carbocycles. The van der Waals surface area contributed by atoms with Crippen LogP contribution < -0.4 is 5.32 Å². The Hall–Kier alpha value is -1.95. The van der Waals surface area contributed by atoms with E-state index in [1.807, 2.05) is 32.9 Å². The summed E-state index contributed by atoms with van der Waals surface area (Å²) in [5.74, 6) is 6.20. The minimum absolute atomic E-state index is 0.397. The Morgan fingerprint density at radius 2 is 2.00 bits per heavy atom. The number of carbonyl (C=O) groups is 1. The van der Waals surface area contributed by atoms with E-state index in [0.29, 0.717) is 13.0 Å². The van der Waals surface area contributed by atoms with Gasteiger partial charge in [-0.25, -0.2) is 4.79 Å². The van der Waals surface area contributed by atoms with Crippen molar-refractivity contribution >= 4 is 6.09 Å². The van der Waals surface area contributed by atoms with Crippen molar-refractivity contribution in [1.29, 1.82) is 0 Å². The van der Waals surface area contributed by atoms with Crippen molar-refractivity contribution < 1.29 is 9.53 Å². The second kappa shape index (κ2) is 7.00. The van der Waals surface area contributed by atoms with Crippen molar-refractivity contribution in [3.8, 4) is 11.8 Å². The van der Waals surface area contributed by atoms with E-state index in [4.69, 9.17) is 4.74 Å². The van der Waals surface area contributed by atoms with E-state index in [0.717, 1.165) is 5.56 Å². The molecule has 0 saturated carbocycles. The number of ether oxygens (including phenoxy) is 1. The molecule has 0 saturated heterocycles. The summed E-state index contributed by atoms with van der Waals surface area (Å²) in [6.45, 7) is 10.2. The summed E-state index contributed by atoms with van der Waals surface area (Å²) in [5, 5.41) is 2.69. The fourth-order valence-electron chi connectivity index (χ4n) is 1.59. The van der Waals surface area contributed by atoms with Crippen LogP contribution in [-0.4, -0.2) is 18.2 Å². The summed E-state index contributed by atoms with van der Waals surface area (Å²) >= 11 is 0. The predicted octanol–water partition coefficient (Wildman–Crippen LogP) is 3.57. The third kappa shape index (κ3) is 5.79. The van der Waals surface area contributed by atoms with Crippen molar-refractivity contribution in [2.24, 2.45) is 0 Å². The molecule has 0 spiro atoms. The van der Waals surface area contributed by atoms with Gasteiger partial charge in [0.05, 0.1) is 0 Å². The second-order valence-corrected chi connectivity index (χ2v) is 5.73. The van der Waals surface area contributed by atoms with E-state index in [2.05, 4.69) is 37.1 Å². The molecule has 108 valence electrons. The summed E-state index contributed by atoms with van der Waals surface area (Å²) in [6, 6.07) is 6.09. The number of benzene rings is 1. The molecule has 1 aromatic carbocycles. The van der Waals surface area contributed by atoms with Gasteiger partial charge >= 0.3 is 6.09 Å². The predicted molar refractivity (Wildman–Crippen MR) is 81.6 cm³/mol. The van der Waals surface area contributed by atoms with Crippen LogP contribution in [0, 0.1) is 25.7 Å². The Kier molecular flexibility index (Phi) is 5.64. The minimum Gasteiger partial charge on any atom is -0.444 e. The van der Waals surface area contributed by atoms with Gasteiger partial charge in [-0.15, -0.1) is 0 Å². The van der Waals surface area contributed by atoms with Crippen LogP contribution in [0.5, 0.6) is 0 Å². The third-order valence-electron chi connectivity index (χ3n) is 2.75. The number of hydrogen-bond acceptors (Lipinski definition) is 2. The summed E-state index contributed by atoms with van der Waals surface area (Å²) in [6.07, 6.45) is 0.207.